The van der Waals surface area contributed by atoms with Gasteiger partial charge in [0.1, 0.15) is 5.52 Å². The van der Waals surface area contributed by atoms with Crippen LogP contribution >= 0.6 is 23.2 Å². The number of hydrogen-bond donors (Lipinski definition) is 4. The van der Waals surface area contributed by atoms with Crippen LogP contribution in [0.5, 0.6) is 0 Å². The first-order chi connectivity index (χ1) is 25.5. The molecule has 2 fully saturated rings. The molecule has 0 amide bonds. The van der Waals surface area contributed by atoms with E-state index in [2.05, 4.69) is 35.5 Å². The van der Waals surface area contributed by atoms with Crippen molar-refractivity contribution in [1.29, 1.82) is 0 Å². The highest BCUT2D eigenvalue weighted by Gasteiger charge is 2.26. The lowest BCUT2D eigenvalue weighted by atomic mass is 9.97. The number of nitrogens with one attached hydrogen (secondary N) is 2. The van der Waals surface area contributed by atoms with Crippen molar-refractivity contribution in [2.24, 2.45) is 5.92 Å². The van der Waals surface area contributed by atoms with E-state index in [9.17, 15) is 23.8 Å². The first-order valence-electron chi connectivity index (χ1n) is 17.1. The van der Waals surface area contributed by atoms with Gasteiger partial charge in [0, 0.05) is 55.3 Å². The topological polar surface area (TPSA) is 140 Å². The number of aliphatic carboxylic acids is 1. The van der Waals surface area contributed by atoms with Gasteiger partial charge >= 0.3 is 5.97 Å². The third kappa shape index (κ3) is 8.16. The Labute approximate surface area is 312 Å². The summed E-state index contributed by atoms with van der Waals surface area (Å²) in [6.45, 7) is 3.13. The Kier molecular flexibility index (Phi) is 10.9. The minimum atomic E-state index is -2.94. The predicted molar refractivity (Wildman–Crippen MR) is 196 cm³/mol. The number of aliphatic hydroxyl groups excluding tert-OH is 1. The fourth-order valence-electron chi connectivity index (χ4n) is 6.76. The summed E-state index contributed by atoms with van der Waals surface area (Å²) in [6.07, 6.45) is 1.48. The Balaban J connectivity index is 1.13. The fraction of sp³-hybridized carbons (Fsp3) is 0.324. The minimum absolute atomic E-state index is 0.0253. The van der Waals surface area contributed by atoms with E-state index in [0.717, 1.165) is 12.1 Å². The van der Waals surface area contributed by atoms with E-state index >= 15 is 4.39 Å². The Morgan fingerprint density at radius 2 is 1.55 bits per heavy atom. The Morgan fingerprint density at radius 1 is 0.887 bits per heavy atom. The molecule has 5 aromatic rings. The maximum Gasteiger partial charge on any atom is 0.306 e. The lowest BCUT2D eigenvalue weighted by Gasteiger charge is -2.30. The number of carboxylic acids is 1. The van der Waals surface area contributed by atoms with Crippen LogP contribution in [0.4, 0.5) is 36.2 Å². The van der Waals surface area contributed by atoms with Crippen LogP contribution in [0, 0.1) is 11.7 Å². The number of pyridine rings is 2. The monoisotopic (exact) mass is 766 g/mol. The fourth-order valence-corrected chi connectivity index (χ4v) is 7.31. The van der Waals surface area contributed by atoms with Gasteiger partial charge in [-0.05, 0) is 62.2 Å². The number of aliphatic hydroxyl groups is 1. The molecule has 11 nitrogen and oxygen atoms in total. The number of piperidine rings is 1. The molecule has 0 bridgehead atoms. The quantitative estimate of drug-likeness (QED) is 0.105. The largest absolute Gasteiger partial charge is 0.481 e. The summed E-state index contributed by atoms with van der Waals surface area (Å²) in [4.78, 5) is 32.3. The normalized spacial score (nSPS) is 17.2. The number of alkyl halides is 2. The molecule has 53 heavy (non-hydrogen) atoms. The van der Waals surface area contributed by atoms with Gasteiger partial charge in [-0.1, -0.05) is 47.5 Å². The summed E-state index contributed by atoms with van der Waals surface area (Å²) in [5.74, 6) is -2.39. The van der Waals surface area contributed by atoms with E-state index in [1.54, 1.807) is 54.7 Å². The summed E-state index contributed by atoms with van der Waals surface area (Å²) in [6, 6.07) is 13.6. The van der Waals surface area contributed by atoms with Crippen LogP contribution in [0.2, 0.25) is 10.0 Å². The third-order valence-corrected chi connectivity index (χ3v) is 10.4. The highest BCUT2D eigenvalue weighted by atomic mass is 35.5. The second kappa shape index (κ2) is 15.8. The number of carboxylic acid groups (broad SMARTS) is 1. The van der Waals surface area contributed by atoms with Crippen LogP contribution in [0.3, 0.4) is 0 Å². The first-order valence-corrected chi connectivity index (χ1v) is 17.8. The molecule has 7 rings (SSSR count). The predicted octanol–water partition coefficient (Wildman–Crippen LogP) is 7.82. The third-order valence-electron chi connectivity index (χ3n) is 9.55. The molecule has 0 radical (unpaired) electrons. The van der Waals surface area contributed by atoms with Crippen molar-refractivity contribution in [2.45, 2.75) is 44.9 Å². The first kappa shape index (κ1) is 36.7. The molecule has 0 saturated carbocycles. The number of carbonyl (C=O) groups is 1. The van der Waals surface area contributed by atoms with Gasteiger partial charge in [0.25, 0.3) is 6.43 Å². The van der Waals surface area contributed by atoms with Gasteiger partial charge in [0.15, 0.2) is 23.3 Å². The molecule has 3 aromatic heterocycles. The van der Waals surface area contributed by atoms with Gasteiger partial charge < -0.3 is 20.8 Å². The van der Waals surface area contributed by atoms with Crippen LogP contribution in [-0.4, -0.2) is 78.2 Å². The van der Waals surface area contributed by atoms with Gasteiger partial charge in [-0.3, -0.25) is 19.6 Å². The Bertz CT molecular complexity index is 2160. The van der Waals surface area contributed by atoms with E-state index in [1.807, 2.05) is 4.90 Å². The number of likely N-dealkylation sites (tertiary alicyclic amines) is 2. The summed E-state index contributed by atoms with van der Waals surface area (Å²) in [5.41, 5.74) is 3.42. The van der Waals surface area contributed by atoms with Crippen molar-refractivity contribution in [1.82, 2.24) is 29.7 Å². The van der Waals surface area contributed by atoms with E-state index in [0.29, 0.717) is 80.1 Å². The van der Waals surface area contributed by atoms with Gasteiger partial charge in [0.2, 0.25) is 0 Å². The standard InChI is InChI=1S/C37H35Cl2F3N8O3/c38-29-24(3-1-5-26(29)45-34-31(40)22(7-11-43-34)18-49-12-8-21(9-13-49)37(52)53)25-4-2-6-27(30(25)39)46-35-32-28(47-36(48-35)33(41)42)15-20(16-44-32)17-50-14-10-23(51)19-50/h1-7,11,15-16,21,23,33,51H,8-10,12-14,17-19H2,(H,43,45)(H,52,53)(H,46,47,48)/t23-/m1/s1. The van der Waals surface area contributed by atoms with Crippen LogP contribution in [0.1, 0.15) is 42.6 Å². The maximum absolute atomic E-state index is 15.7. The average molecular weight is 768 g/mol. The smallest absolute Gasteiger partial charge is 0.306 e. The average Bonchev–Trinajstić information content (AvgIpc) is 3.55. The number of nitrogens with zero attached hydrogens (tertiary/aromatic N) is 6. The number of hydrogen-bond acceptors (Lipinski definition) is 10. The molecule has 0 aliphatic carbocycles. The number of aromatic nitrogens is 4. The van der Waals surface area contributed by atoms with Crippen LogP contribution in [0.25, 0.3) is 22.2 Å². The lowest BCUT2D eigenvalue weighted by Crippen LogP contribution is -2.36. The second-order valence-corrected chi connectivity index (χ2v) is 14.0. The molecule has 2 aliphatic rings. The van der Waals surface area contributed by atoms with Crippen molar-refractivity contribution < 1.29 is 28.2 Å². The van der Waals surface area contributed by atoms with Gasteiger partial charge in [0.05, 0.1) is 39.0 Å². The number of fused-ring (bicyclic) bond motifs is 1. The van der Waals surface area contributed by atoms with Crippen molar-refractivity contribution in [3.8, 4) is 11.1 Å². The molecular formula is C37H35Cl2F3N8O3. The molecule has 5 heterocycles. The number of β-amino-alcohol motifs (C(OH)–C–C–N with tert-alkyl or cyclic N) is 1. The van der Waals surface area contributed by atoms with Crippen LogP contribution < -0.4 is 10.6 Å². The van der Waals surface area contributed by atoms with Crippen molar-refractivity contribution in [3.63, 3.8) is 0 Å². The van der Waals surface area contributed by atoms with Crippen molar-refractivity contribution in [2.75, 3.05) is 36.8 Å². The Morgan fingerprint density at radius 3 is 2.17 bits per heavy atom. The summed E-state index contributed by atoms with van der Waals surface area (Å²) < 4.78 is 43.7. The lowest BCUT2D eigenvalue weighted by molar-refractivity contribution is -0.143. The van der Waals surface area contributed by atoms with Gasteiger partial charge in [-0.15, -0.1) is 0 Å². The number of rotatable bonds is 11. The molecule has 2 saturated heterocycles. The summed E-state index contributed by atoms with van der Waals surface area (Å²) in [7, 11) is 0. The molecule has 2 aromatic carbocycles. The molecule has 16 heteroatoms. The molecule has 0 unspecified atom stereocenters. The van der Waals surface area contributed by atoms with E-state index in [-0.39, 0.29) is 38.6 Å². The minimum Gasteiger partial charge on any atom is -0.481 e. The highest BCUT2D eigenvalue weighted by molar-refractivity contribution is 6.39. The zero-order valence-corrected chi connectivity index (χ0v) is 29.8. The van der Waals surface area contributed by atoms with Gasteiger partial charge in [-0.2, -0.15) is 0 Å². The Hall–Kier alpha value is -4.60. The van der Waals surface area contributed by atoms with Crippen molar-refractivity contribution >= 4 is 63.2 Å². The molecular weight excluding hydrogens is 732 g/mol. The summed E-state index contributed by atoms with van der Waals surface area (Å²) >= 11 is 13.8. The molecule has 276 valence electrons. The van der Waals surface area contributed by atoms with Crippen molar-refractivity contribution in [3.05, 3.63) is 93.7 Å². The number of anilines is 4. The molecule has 1 atom stereocenters. The highest BCUT2D eigenvalue weighted by Crippen LogP contribution is 2.42. The zero-order valence-electron chi connectivity index (χ0n) is 28.2. The number of benzene rings is 2. The van der Waals surface area contributed by atoms with Gasteiger partial charge in [-0.25, -0.2) is 28.1 Å². The van der Waals surface area contributed by atoms with E-state index in [4.69, 9.17) is 23.2 Å². The SMILES string of the molecule is O=C(O)C1CCN(Cc2ccnc(Nc3cccc(-c4cccc(Nc5nc(C(F)F)nc6cc(CN7CC[C@@H](O)C7)cnc56)c4Cl)c3Cl)c2F)CC1. The van der Waals surface area contributed by atoms with Crippen LogP contribution in [-0.2, 0) is 17.9 Å². The molecule has 4 N–H and O–H groups in total. The molecule has 0 spiro atoms. The molecule has 2 aliphatic heterocycles. The van der Waals surface area contributed by atoms with E-state index in [1.165, 1.54) is 6.20 Å². The van der Waals surface area contributed by atoms with E-state index < -0.39 is 30.1 Å². The number of halogens is 5. The second-order valence-electron chi connectivity index (χ2n) is 13.2. The zero-order chi connectivity index (χ0) is 37.2. The maximum atomic E-state index is 15.7. The van der Waals surface area contributed by atoms with Crippen LogP contribution in [0.15, 0.2) is 60.9 Å². The summed E-state index contributed by atoms with van der Waals surface area (Å²) in [5, 5.41) is 25.7.